The predicted octanol–water partition coefficient (Wildman–Crippen LogP) is 1.40. The van der Waals surface area contributed by atoms with E-state index in [0.717, 1.165) is 26.1 Å². The van der Waals surface area contributed by atoms with Gasteiger partial charge in [0.1, 0.15) is 12.2 Å². The van der Waals surface area contributed by atoms with Gasteiger partial charge in [0, 0.05) is 18.7 Å². The van der Waals surface area contributed by atoms with E-state index in [1.54, 1.807) is 0 Å². The van der Waals surface area contributed by atoms with Crippen LogP contribution in [0.3, 0.4) is 0 Å². The standard InChI is InChI=1S/C18H23Cl2N6O2.ClH/c1-26(2,21)10-9-22-8-7-13-3-5-14(6-4-13)23-24-18-16(19)11-15(25(27)28)12-17(18)20;/h3-6,11-12,22H,7-10,21H2,1-2H3;1H/q+1;/p-1. The highest BCUT2D eigenvalue weighted by atomic mass is 35.5. The van der Waals surface area contributed by atoms with Crippen molar-refractivity contribution in [1.29, 1.82) is 0 Å². The molecule has 0 bridgehead atoms. The second kappa shape index (κ2) is 11.4. The molecule has 2 aromatic carbocycles. The third kappa shape index (κ3) is 8.61. The maximum absolute atomic E-state index is 10.8. The van der Waals surface area contributed by atoms with Crippen LogP contribution >= 0.6 is 23.2 Å². The van der Waals surface area contributed by atoms with Crippen LogP contribution in [-0.2, 0) is 6.42 Å². The second-order valence-electron chi connectivity index (χ2n) is 6.88. The van der Waals surface area contributed by atoms with Gasteiger partial charge in [0.05, 0.1) is 34.8 Å². The maximum Gasteiger partial charge on any atom is 0.272 e. The van der Waals surface area contributed by atoms with Gasteiger partial charge < -0.3 is 17.7 Å². The number of halogens is 3. The summed E-state index contributed by atoms with van der Waals surface area (Å²) in [6.07, 6.45) is 0.884. The molecule has 158 valence electrons. The van der Waals surface area contributed by atoms with Crippen LogP contribution in [0.15, 0.2) is 46.6 Å². The van der Waals surface area contributed by atoms with Crippen molar-refractivity contribution in [2.75, 3.05) is 33.7 Å². The van der Waals surface area contributed by atoms with E-state index >= 15 is 0 Å². The molecule has 0 spiro atoms. The molecule has 0 radical (unpaired) electrons. The normalized spacial score (nSPS) is 11.5. The van der Waals surface area contributed by atoms with Gasteiger partial charge in [-0.3, -0.25) is 14.7 Å². The largest absolute Gasteiger partial charge is 1.00 e. The third-order valence-corrected chi connectivity index (χ3v) is 4.45. The zero-order chi connectivity index (χ0) is 20.7. The van der Waals surface area contributed by atoms with E-state index in [1.165, 1.54) is 17.7 Å². The summed E-state index contributed by atoms with van der Waals surface area (Å²) in [6.45, 7) is 2.56. The number of nitro groups is 1. The van der Waals surface area contributed by atoms with Gasteiger partial charge in [0.25, 0.3) is 5.69 Å². The Bertz CT molecular complexity index is 831. The van der Waals surface area contributed by atoms with Gasteiger partial charge in [-0.2, -0.15) is 11.0 Å². The number of rotatable bonds is 9. The average Bonchev–Trinajstić information content (AvgIpc) is 2.60. The van der Waals surface area contributed by atoms with E-state index in [-0.39, 0.29) is 33.8 Å². The molecule has 0 aromatic heterocycles. The first-order valence-corrected chi connectivity index (χ1v) is 9.38. The van der Waals surface area contributed by atoms with E-state index in [2.05, 4.69) is 15.5 Å². The zero-order valence-corrected chi connectivity index (χ0v) is 18.4. The number of nitrogens with zero attached hydrogens (tertiary/aromatic N) is 4. The van der Waals surface area contributed by atoms with Crippen molar-refractivity contribution in [3.05, 3.63) is 62.1 Å². The van der Waals surface area contributed by atoms with Crippen molar-refractivity contribution in [2.24, 2.45) is 16.1 Å². The molecule has 29 heavy (non-hydrogen) atoms. The number of azo groups is 1. The fourth-order valence-electron chi connectivity index (χ4n) is 2.32. The van der Waals surface area contributed by atoms with Crippen LogP contribution in [0, 0.1) is 10.1 Å². The Morgan fingerprint density at radius 1 is 1.10 bits per heavy atom. The molecule has 0 aliphatic rings. The zero-order valence-electron chi connectivity index (χ0n) is 16.1. The number of nitro benzene ring substituents is 1. The Morgan fingerprint density at radius 2 is 1.69 bits per heavy atom. The van der Waals surface area contributed by atoms with Gasteiger partial charge in [-0.05, 0) is 30.7 Å². The Kier molecular flexibility index (Phi) is 9.91. The number of nitrogens with one attached hydrogen (secondary N) is 1. The molecule has 2 aromatic rings. The first-order valence-electron chi connectivity index (χ1n) is 8.62. The monoisotopic (exact) mass is 460 g/mol. The summed E-state index contributed by atoms with van der Waals surface area (Å²) < 4.78 is 0.440. The number of quaternary nitrogens is 1. The summed E-state index contributed by atoms with van der Waals surface area (Å²) in [4.78, 5) is 10.2. The molecule has 0 fully saturated rings. The minimum Gasteiger partial charge on any atom is -1.00 e. The Hall–Kier alpha value is -1.81. The predicted molar refractivity (Wildman–Crippen MR) is 111 cm³/mol. The molecule has 0 amide bonds. The molecule has 11 heteroatoms. The minimum atomic E-state index is -0.567. The van der Waals surface area contributed by atoms with Crippen LogP contribution in [-0.4, -0.2) is 43.2 Å². The molecule has 3 N–H and O–H groups in total. The molecular weight excluding hydrogens is 439 g/mol. The van der Waals surface area contributed by atoms with Crippen LogP contribution in [0.5, 0.6) is 0 Å². The van der Waals surface area contributed by atoms with Crippen molar-refractivity contribution in [3.63, 3.8) is 0 Å². The van der Waals surface area contributed by atoms with Gasteiger partial charge in [-0.1, -0.05) is 35.3 Å². The van der Waals surface area contributed by atoms with Gasteiger partial charge in [-0.25, -0.2) is 0 Å². The number of hydrogen-bond acceptors (Lipinski definition) is 6. The summed E-state index contributed by atoms with van der Waals surface area (Å²) >= 11 is 12.0. The minimum absolute atomic E-state index is 0. The van der Waals surface area contributed by atoms with E-state index in [9.17, 15) is 10.1 Å². The molecule has 0 saturated carbocycles. The van der Waals surface area contributed by atoms with Gasteiger partial charge in [0.2, 0.25) is 0 Å². The van der Waals surface area contributed by atoms with E-state index in [0.29, 0.717) is 10.3 Å². The summed E-state index contributed by atoms with van der Waals surface area (Å²) in [5.74, 6) is 5.89. The number of hydrogen-bond donors (Lipinski definition) is 2. The number of nitrogens with two attached hydrogens (primary N) is 1. The first kappa shape index (κ1) is 25.2. The molecule has 2 rings (SSSR count). The van der Waals surface area contributed by atoms with Crippen LogP contribution in [0.1, 0.15) is 5.56 Å². The second-order valence-corrected chi connectivity index (χ2v) is 7.70. The average molecular weight is 462 g/mol. The summed E-state index contributed by atoms with van der Waals surface area (Å²) in [5, 5.41) is 22.4. The molecule has 0 aliphatic heterocycles. The lowest BCUT2D eigenvalue weighted by molar-refractivity contribution is -0.901. The molecule has 8 nitrogen and oxygen atoms in total. The van der Waals surface area contributed by atoms with Crippen LogP contribution in [0.4, 0.5) is 17.1 Å². The molecule has 0 aliphatic carbocycles. The van der Waals surface area contributed by atoms with Gasteiger partial charge >= 0.3 is 0 Å². The fraction of sp³-hybridized carbons (Fsp3) is 0.333. The molecular formula is C18H23Cl3N6O2. The molecule has 0 saturated heterocycles. The number of likely N-dealkylation sites (N-methyl/N-ethyl adjacent to an activating group) is 1. The van der Waals surface area contributed by atoms with Crippen LogP contribution in [0.2, 0.25) is 10.0 Å². The van der Waals surface area contributed by atoms with Crippen LogP contribution in [0.25, 0.3) is 0 Å². The topological polar surface area (TPSA) is 106 Å². The molecule has 0 unspecified atom stereocenters. The fourth-order valence-corrected chi connectivity index (χ4v) is 2.87. The molecule has 0 atom stereocenters. The number of benzene rings is 2. The van der Waals surface area contributed by atoms with E-state index in [4.69, 9.17) is 29.0 Å². The van der Waals surface area contributed by atoms with E-state index < -0.39 is 4.92 Å². The Balaban J connectivity index is 0.00000420. The highest BCUT2D eigenvalue weighted by molar-refractivity contribution is 6.39. The first-order chi connectivity index (χ1) is 13.2. The third-order valence-electron chi connectivity index (χ3n) is 3.87. The SMILES string of the molecule is C[N+](C)(N)CCNCCc1ccc(N=Nc2c(Cl)cc([N+](=O)[O-])cc2Cl)cc1.[Cl-]. The van der Waals surface area contributed by atoms with Crippen molar-refractivity contribution >= 4 is 40.3 Å². The maximum atomic E-state index is 10.8. The summed E-state index contributed by atoms with van der Waals surface area (Å²) in [6, 6.07) is 10.0. The van der Waals surface area contributed by atoms with Crippen molar-refractivity contribution < 1.29 is 21.9 Å². The van der Waals surface area contributed by atoms with Gasteiger partial charge in [0.15, 0.2) is 0 Å². The molecule has 0 heterocycles. The highest BCUT2D eigenvalue weighted by Crippen LogP contribution is 2.37. The van der Waals surface area contributed by atoms with Gasteiger partial charge in [-0.15, -0.1) is 5.11 Å². The van der Waals surface area contributed by atoms with Crippen LogP contribution < -0.4 is 23.6 Å². The van der Waals surface area contributed by atoms with Crippen molar-refractivity contribution in [2.45, 2.75) is 6.42 Å². The van der Waals surface area contributed by atoms with E-state index in [1.807, 2.05) is 38.4 Å². The van der Waals surface area contributed by atoms with Crippen molar-refractivity contribution in [1.82, 2.24) is 5.32 Å². The van der Waals surface area contributed by atoms with Crippen molar-refractivity contribution in [3.8, 4) is 0 Å². The highest BCUT2D eigenvalue weighted by Gasteiger charge is 2.14. The number of non-ortho nitro benzene ring substituents is 1. The summed E-state index contributed by atoms with van der Waals surface area (Å²) in [7, 11) is 3.90. The Labute approximate surface area is 185 Å². The smallest absolute Gasteiger partial charge is 0.272 e. The Morgan fingerprint density at radius 3 is 2.21 bits per heavy atom. The lowest BCUT2D eigenvalue weighted by Crippen LogP contribution is -3.00. The quantitative estimate of drug-likeness (QED) is 0.147. The lowest BCUT2D eigenvalue weighted by atomic mass is 10.1. The summed E-state index contributed by atoms with van der Waals surface area (Å²) in [5.41, 5.74) is 1.80. The lowest BCUT2D eigenvalue weighted by Gasteiger charge is -2.22.